The lowest BCUT2D eigenvalue weighted by Gasteiger charge is -2.21. The molecule has 9 heteroatoms. The highest BCUT2D eigenvalue weighted by Gasteiger charge is 2.23. The van der Waals surface area contributed by atoms with Gasteiger partial charge in [0, 0.05) is 18.2 Å². The van der Waals surface area contributed by atoms with Crippen LogP contribution in [0, 0.1) is 11.6 Å². The van der Waals surface area contributed by atoms with Crippen molar-refractivity contribution >= 4 is 54.1 Å². The third-order valence-corrected chi connectivity index (χ3v) is 6.26. The van der Waals surface area contributed by atoms with E-state index in [4.69, 9.17) is 0 Å². The lowest BCUT2D eigenvalue weighted by atomic mass is 10.2. The van der Waals surface area contributed by atoms with Crippen molar-refractivity contribution < 1.29 is 13.6 Å². The van der Waals surface area contributed by atoms with E-state index >= 15 is 0 Å². The maximum atomic E-state index is 14.1. The molecule has 0 fully saturated rings. The third kappa shape index (κ3) is 4.12. The molecule has 0 aliphatic rings. The number of carbonyl (C=O) groups excluding carboxylic acids is 1. The lowest BCUT2D eigenvalue weighted by molar-refractivity contribution is 0.0986. The van der Waals surface area contributed by atoms with E-state index in [0.717, 1.165) is 34.2 Å². The largest absolute Gasteiger partial charge is 0.309 e. The summed E-state index contributed by atoms with van der Waals surface area (Å²) in [4.78, 5) is 25.4. The van der Waals surface area contributed by atoms with Crippen molar-refractivity contribution in [3.63, 3.8) is 0 Å². The summed E-state index contributed by atoms with van der Waals surface area (Å²) in [5, 5.41) is 0.359. The van der Waals surface area contributed by atoms with Gasteiger partial charge < -0.3 is 4.90 Å². The van der Waals surface area contributed by atoms with Gasteiger partial charge in [-0.05, 0) is 51.3 Å². The number of thiazole rings is 2. The summed E-state index contributed by atoms with van der Waals surface area (Å²) in [6, 6.07) is 7.40. The van der Waals surface area contributed by atoms with Crippen molar-refractivity contribution in [2.24, 2.45) is 0 Å². The van der Waals surface area contributed by atoms with Crippen LogP contribution in [0.5, 0.6) is 0 Å². The van der Waals surface area contributed by atoms with E-state index in [1.54, 1.807) is 16.5 Å². The fraction of sp³-hybridized carbons (Fsp3) is 0.250. The van der Waals surface area contributed by atoms with Crippen LogP contribution in [0.2, 0.25) is 0 Å². The van der Waals surface area contributed by atoms with Crippen LogP contribution in [0.4, 0.5) is 13.9 Å². The molecular formula is C20H18F2N4OS2. The zero-order valence-electron chi connectivity index (χ0n) is 15.9. The first-order valence-electron chi connectivity index (χ1n) is 8.98. The fourth-order valence-corrected chi connectivity index (χ4v) is 4.78. The van der Waals surface area contributed by atoms with Gasteiger partial charge in [0.15, 0.2) is 10.9 Å². The van der Waals surface area contributed by atoms with Crippen LogP contribution >= 0.6 is 22.7 Å². The average molecular weight is 433 g/mol. The fourth-order valence-electron chi connectivity index (χ4n) is 3.03. The Morgan fingerprint density at radius 2 is 1.93 bits per heavy atom. The van der Waals surface area contributed by atoms with Crippen LogP contribution in [0.1, 0.15) is 16.8 Å². The van der Waals surface area contributed by atoms with Gasteiger partial charge in [0.25, 0.3) is 5.91 Å². The topological polar surface area (TPSA) is 49.3 Å². The molecule has 0 radical (unpaired) electrons. The minimum absolute atomic E-state index is 0.0784. The van der Waals surface area contributed by atoms with Gasteiger partial charge in [-0.2, -0.15) is 0 Å². The van der Waals surface area contributed by atoms with Crippen molar-refractivity contribution in [1.29, 1.82) is 0 Å². The van der Waals surface area contributed by atoms with Gasteiger partial charge in [0.1, 0.15) is 11.3 Å². The number of rotatable bonds is 6. The third-order valence-electron chi connectivity index (χ3n) is 4.44. The summed E-state index contributed by atoms with van der Waals surface area (Å²) >= 11 is 2.57. The molecule has 0 saturated carbocycles. The van der Waals surface area contributed by atoms with Gasteiger partial charge in [0.05, 0.1) is 20.4 Å². The molecule has 2 aromatic carbocycles. The summed E-state index contributed by atoms with van der Waals surface area (Å²) in [7, 11) is 3.92. The standard InChI is InChI=1S/C20H18F2N4OS2/c1-25(2)6-3-7-26(19(27)12-4-5-15-16(8-12)28-11-23-15)20-24-18-14(22)9-13(21)10-17(18)29-20/h4-5,8-11H,3,6-7H2,1-2H3. The highest BCUT2D eigenvalue weighted by Crippen LogP contribution is 2.32. The van der Waals surface area contributed by atoms with Crippen LogP contribution in [0.15, 0.2) is 35.8 Å². The van der Waals surface area contributed by atoms with E-state index in [0.29, 0.717) is 28.4 Å². The predicted molar refractivity (Wildman–Crippen MR) is 114 cm³/mol. The van der Waals surface area contributed by atoms with E-state index < -0.39 is 11.6 Å². The quantitative estimate of drug-likeness (QED) is 0.440. The van der Waals surface area contributed by atoms with Crippen LogP contribution in [-0.4, -0.2) is 48.0 Å². The minimum Gasteiger partial charge on any atom is -0.309 e. The number of nitrogens with zero attached hydrogens (tertiary/aromatic N) is 4. The molecule has 1 amide bonds. The van der Waals surface area contributed by atoms with Gasteiger partial charge in [0.2, 0.25) is 0 Å². The first-order chi connectivity index (χ1) is 13.9. The molecule has 0 aliphatic carbocycles. The normalized spacial score (nSPS) is 11.6. The molecule has 0 N–H and O–H groups in total. The van der Waals surface area contributed by atoms with Crippen LogP contribution in [-0.2, 0) is 0 Å². The zero-order chi connectivity index (χ0) is 20.5. The zero-order valence-corrected chi connectivity index (χ0v) is 17.5. The Labute approximate surface area is 174 Å². The van der Waals surface area contributed by atoms with E-state index in [2.05, 4.69) is 9.97 Å². The molecule has 0 atom stereocenters. The summed E-state index contributed by atoms with van der Waals surface area (Å²) in [5.74, 6) is -1.61. The van der Waals surface area contributed by atoms with Crippen molar-refractivity contribution in [2.75, 3.05) is 32.1 Å². The van der Waals surface area contributed by atoms with Gasteiger partial charge in [-0.25, -0.2) is 18.7 Å². The number of anilines is 1. The molecule has 4 aromatic rings. The number of amides is 1. The Morgan fingerprint density at radius 3 is 2.72 bits per heavy atom. The molecule has 2 aromatic heterocycles. The monoisotopic (exact) mass is 432 g/mol. The molecule has 5 nitrogen and oxygen atoms in total. The van der Waals surface area contributed by atoms with Gasteiger partial charge in [-0.3, -0.25) is 9.69 Å². The molecule has 0 unspecified atom stereocenters. The molecule has 150 valence electrons. The van der Waals surface area contributed by atoms with Crippen LogP contribution in [0.25, 0.3) is 20.4 Å². The number of benzene rings is 2. The number of hydrogen-bond donors (Lipinski definition) is 0. The molecule has 4 rings (SSSR count). The van der Waals surface area contributed by atoms with Gasteiger partial charge in [-0.1, -0.05) is 11.3 Å². The smallest absolute Gasteiger partial charge is 0.260 e. The number of carbonyl (C=O) groups is 1. The Morgan fingerprint density at radius 1 is 1.10 bits per heavy atom. The Hall–Kier alpha value is -2.49. The first kappa shape index (κ1) is 19.8. The molecule has 29 heavy (non-hydrogen) atoms. The Bertz CT molecular complexity index is 1190. The van der Waals surface area contributed by atoms with Crippen LogP contribution in [0.3, 0.4) is 0 Å². The van der Waals surface area contributed by atoms with Gasteiger partial charge in [-0.15, -0.1) is 11.3 Å². The highest BCUT2D eigenvalue weighted by molar-refractivity contribution is 7.22. The summed E-state index contributed by atoms with van der Waals surface area (Å²) in [6.45, 7) is 1.20. The van der Waals surface area contributed by atoms with Crippen molar-refractivity contribution in [1.82, 2.24) is 14.9 Å². The minimum atomic E-state index is -0.728. The van der Waals surface area contributed by atoms with Gasteiger partial charge >= 0.3 is 0 Å². The molecular weight excluding hydrogens is 414 g/mol. The van der Waals surface area contributed by atoms with E-state index in [1.807, 2.05) is 31.1 Å². The second-order valence-electron chi connectivity index (χ2n) is 6.88. The Kier molecular flexibility index (Phi) is 5.53. The van der Waals surface area contributed by atoms with E-state index in [-0.39, 0.29) is 11.4 Å². The average Bonchev–Trinajstić information content (AvgIpc) is 3.30. The lowest BCUT2D eigenvalue weighted by Crippen LogP contribution is -2.33. The van der Waals surface area contributed by atoms with E-state index in [1.165, 1.54) is 17.4 Å². The summed E-state index contributed by atoms with van der Waals surface area (Å²) in [5.41, 5.74) is 3.16. The second kappa shape index (κ2) is 8.10. The molecule has 0 aliphatic heterocycles. The maximum absolute atomic E-state index is 14.1. The predicted octanol–water partition coefficient (Wildman–Crippen LogP) is 4.78. The SMILES string of the molecule is CN(C)CCCN(C(=O)c1ccc2ncsc2c1)c1nc2c(F)cc(F)cc2s1. The van der Waals surface area contributed by atoms with Crippen LogP contribution < -0.4 is 4.90 Å². The first-order valence-corrected chi connectivity index (χ1v) is 10.7. The van der Waals surface area contributed by atoms with Crippen molar-refractivity contribution in [3.8, 4) is 0 Å². The summed E-state index contributed by atoms with van der Waals surface area (Å²) < 4.78 is 29.0. The van der Waals surface area contributed by atoms with Crippen molar-refractivity contribution in [2.45, 2.75) is 6.42 Å². The molecule has 2 heterocycles. The van der Waals surface area contributed by atoms with Crippen molar-refractivity contribution in [3.05, 3.63) is 53.0 Å². The maximum Gasteiger partial charge on any atom is 0.260 e. The number of halogens is 2. The second-order valence-corrected chi connectivity index (χ2v) is 8.77. The molecule has 0 bridgehead atoms. The van der Waals surface area contributed by atoms with E-state index in [9.17, 15) is 13.6 Å². The number of hydrogen-bond acceptors (Lipinski definition) is 6. The Balaban J connectivity index is 1.72. The number of aromatic nitrogens is 2. The summed E-state index contributed by atoms with van der Waals surface area (Å²) in [6.07, 6.45) is 0.717. The highest BCUT2D eigenvalue weighted by atomic mass is 32.1. The molecule has 0 spiro atoms. The molecule has 0 saturated heterocycles. The number of fused-ring (bicyclic) bond motifs is 2.